The lowest BCUT2D eigenvalue weighted by atomic mass is 9.89. The van der Waals surface area contributed by atoms with Crippen molar-refractivity contribution in [1.29, 1.82) is 0 Å². The van der Waals surface area contributed by atoms with E-state index in [1.807, 2.05) is 72.8 Å². The molecule has 6 heteroatoms. The Morgan fingerprint density at radius 2 is 0.608 bits per heavy atom. The van der Waals surface area contributed by atoms with Gasteiger partial charge in [-0.05, 0) is 106 Å². The molecule has 1 aliphatic rings. The number of methoxy groups -OCH3 is 3. The number of benzene rings is 6. The maximum atomic E-state index is 11.4. The molecule has 0 N–H and O–H groups in total. The minimum Gasteiger partial charge on any atom is -0.496 e. The molecule has 51 heavy (non-hydrogen) atoms. The summed E-state index contributed by atoms with van der Waals surface area (Å²) in [4.78, 5) is 34.2. The molecule has 0 amide bonds. The van der Waals surface area contributed by atoms with E-state index < -0.39 is 0 Å². The minimum absolute atomic E-state index is 0.613. The van der Waals surface area contributed by atoms with Crippen LogP contribution in [-0.2, 0) is 19.3 Å². The van der Waals surface area contributed by atoms with Gasteiger partial charge in [-0.2, -0.15) is 0 Å². The first-order valence-corrected chi connectivity index (χ1v) is 16.7. The quantitative estimate of drug-likeness (QED) is 0.142. The molecular formula is C45H36O6. The molecular weight excluding hydrogens is 636 g/mol. The largest absolute Gasteiger partial charge is 0.496 e. The van der Waals surface area contributed by atoms with Crippen molar-refractivity contribution in [1.82, 2.24) is 0 Å². The molecule has 1 aliphatic carbocycles. The first-order chi connectivity index (χ1) is 24.9. The highest BCUT2D eigenvalue weighted by Crippen LogP contribution is 2.42. The van der Waals surface area contributed by atoms with Crippen LogP contribution >= 0.6 is 0 Å². The SMILES string of the molecule is COc1cc2c(cc1-c1ccc(C=O)cc1)Cc1cc(OC)c(-c3ccc(C=O)cc3)cc1Cc1cc(OC)c(-c3ccc(C=O)cc3)cc1C2. The summed E-state index contributed by atoms with van der Waals surface area (Å²) in [5, 5.41) is 0. The molecule has 0 spiro atoms. The molecule has 0 aromatic heterocycles. The summed E-state index contributed by atoms with van der Waals surface area (Å²) in [6, 6.07) is 35.6. The van der Waals surface area contributed by atoms with E-state index in [4.69, 9.17) is 14.2 Å². The highest BCUT2D eigenvalue weighted by Gasteiger charge is 2.23. The Hall–Kier alpha value is -6.27. The zero-order chi connectivity index (χ0) is 35.5. The Balaban J connectivity index is 1.46. The van der Waals surface area contributed by atoms with Crippen LogP contribution in [0.2, 0.25) is 0 Å². The van der Waals surface area contributed by atoms with Crippen LogP contribution < -0.4 is 14.2 Å². The van der Waals surface area contributed by atoms with E-state index in [0.717, 1.165) is 103 Å². The second kappa shape index (κ2) is 14.3. The second-order valence-electron chi connectivity index (χ2n) is 12.7. The van der Waals surface area contributed by atoms with Gasteiger partial charge in [0.2, 0.25) is 0 Å². The number of fused-ring (bicyclic) bond motifs is 3. The monoisotopic (exact) mass is 672 g/mol. The molecule has 0 heterocycles. The van der Waals surface area contributed by atoms with E-state index in [0.29, 0.717) is 36.0 Å². The fourth-order valence-electron chi connectivity index (χ4n) is 7.01. The van der Waals surface area contributed by atoms with Crippen LogP contribution in [0.15, 0.2) is 109 Å². The van der Waals surface area contributed by atoms with Gasteiger partial charge in [0.05, 0.1) is 21.3 Å². The normalized spacial score (nSPS) is 11.8. The number of carbonyl (C=O) groups is 3. The third-order valence-corrected chi connectivity index (χ3v) is 9.78. The number of hydrogen-bond donors (Lipinski definition) is 0. The van der Waals surface area contributed by atoms with Gasteiger partial charge in [0, 0.05) is 33.4 Å². The Morgan fingerprint density at radius 1 is 0.373 bits per heavy atom. The smallest absolute Gasteiger partial charge is 0.150 e. The Bertz CT molecular complexity index is 2010. The van der Waals surface area contributed by atoms with Crippen LogP contribution in [0.5, 0.6) is 17.2 Å². The van der Waals surface area contributed by atoms with Gasteiger partial charge in [0.15, 0.2) is 0 Å². The molecule has 0 aliphatic heterocycles. The van der Waals surface area contributed by atoms with Crippen LogP contribution in [-0.4, -0.2) is 40.2 Å². The Kier molecular flexibility index (Phi) is 9.32. The zero-order valence-electron chi connectivity index (χ0n) is 28.7. The van der Waals surface area contributed by atoms with E-state index in [9.17, 15) is 14.4 Å². The summed E-state index contributed by atoms with van der Waals surface area (Å²) in [5.74, 6) is 2.25. The van der Waals surface area contributed by atoms with Gasteiger partial charge in [0.1, 0.15) is 36.1 Å². The van der Waals surface area contributed by atoms with Crippen molar-refractivity contribution in [2.45, 2.75) is 19.3 Å². The van der Waals surface area contributed by atoms with E-state index in [2.05, 4.69) is 36.4 Å². The molecule has 0 bridgehead atoms. The van der Waals surface area contributed by atoms with Crippen LogP contribution in [0.1, 0.15) is 64.5 Å². The molecule has 0 saturated carbocycles. The predicted molar refractivity (Wildman–Crippen MR) is 200 cm³/mol. The van der Waals surface area contributed by atoms with Crippen molar-refractivity contribution < 1.29 is 28.6 Å². The molecule has 252 valence electrons. The number of ether oxygens (including phenoxy) is 3. The second-order valence-corrected chi connectivity index (χ2v) is 12.7. The predicted octanol–water partition coefficient (Wildman–Crippen LogP) is 9.24. The van der Waals surface area contributed by atoms with Gasteiger partial charge >= 0.3 is 0 Å². The highest BCUT2D eigenvalue weighted by atomic mass is 16.5. The van der Waals surface area contributed by atoms with Crippen molar-refractivity contribution in [3.8, 4) is 50.6 Å². The molecule has 0 atom stereocenters. The molecule has 7 rings (SSSR count). The van der Waals surface area contributed by atoms with E-state index >= 15 is 0 Å². The number of rotatable bonds is 9. The molecule has 6 nitrogen and oxygen atoms in total. The van der Waals surface area contributed by atoms with Crippen LogP contribution in [0, 0.1) is 0 Å². The molecule has 0 fully saturated rings. The fourth-order valence-corrected chi connectivity index (χ4v) is 7.01. The van der Waals surface area contributed by atoms with Crippen LogP contribution in [0.3, 0.4) is 0 Å². The minimum atomic E-state index is 0.613. The summed E-state index contributed by atoms with van der Waals surface area (Å²) in [6.45, 7) is 0. The first-order valence-electron chi connectivity index (χ1n) is 16.7. The number of aldehydes is 3. The summed E-state index contributed by atoms with van der Waals surface area (Å²) >= 11 is 0. The van der Waals surface area contributed by atoms with E-state index in [1.54, 1.807) is 21.3 Å². The lowest BCUT2D eigenvalue weighted by Crippen LogP contribution is -2.02. The first kappa shape index (κ1) is 33.2. The third-order valence-electron chi connectivity index (χ3n) is 9.78. The van der Waals surface area contributed by atoms with Crippen LogP contribution in [0.25, 0.3) is 33.4 Å². The maximum Gasteiger partial charge on any atom is 0.150 e. The topological polar surface area (TPSA) is 78.9 Å². The Labute approximate surface area is 297 Å². The molecule has 0 unspecified atom stereocenters. The van der Waals surface area contributed by atoms with Crippen molar-refractivity contribution in [2.24, 2.45) is 0 Å². The molecule has 0 saturated heterocycles. The van der Waals surface area contributed by atoms with Crippen molar-refractivity contribution in [3.05, 3.63) is 159 Å². The van der Waals surface area contributed by atoms with Gasteiger partial charge in [-0.15, -0.1) is 0 Å². The Morgan fingerprint density at radius 3 is 0.824 bits per heavy atom. The van der Waals surface area contributed by atoms with E-state index in [-0.39, 0.29) is 0 Å². The van der Waals surface area contributed by atoms with Crippen molar-refractivity contribution >= 4 is 18.9 Å². The average Bonchev–Trinajstić information content (AvgIpc) is 3.24. The zero-order valence-corrected chi connectivity index (χ0v) is 28.7. The lowest BCUT2D eigenvalue weighted by Gasteiger charge is -2.18. The van der Waals surface area contributed by atoms with Crippen molar-refractivity contribution in [3.63, 3.8) is 0 Å². The standard InChI is InChI=1S/C45H36O6/c1-49-43-22-37-16-35-20-41(32-12-6-29(26-47)7-13-32)45(51-3)24-39(35)18-36-21-42(33-14-8-30(27-48)9-15-33)44(50-2)23-38(36)17-34(37)19-40(43)31-10-4-28(25-46)5-11-31/h4-15,19-27H,16-18H2,1-3H3. The third kappa shape index (κ3) is 6.56. The fraction of sp³-hybridized carbons (Fsp3) is 0.133. The summed E-state index contributed by atoms with van der Waals surface area (Å²) < 4.78 is 18.0. The van der Waals surface area contributed by atoms with E-state index in [1.165, 1.54) is 0 Å². The van der Waals surface area contributed by atoms with Gasteiger partial charge in [-0.3, -0.25) is 14.4 Å². The molecule has 6 aromatic rings. The molecule has 6 aromatic carbocycles. The molecule has 0 radical (unpaired) electrons. The summed E-state index contributed by atoms with van der Waals surface area (Å²) in [7, 11) is 5.05. The van der Waals surface area contributed by atoms with Crippen molar-refractivity contribution in [2.75, 3.05) is 21.3 Å². The van der Waals surface area contributed by atoms with Gasteiger partial charge < -0.3 is 14.2 Å². The van der Waals surface area contributed by atoms with Gasteiger partial charge in [-0.25, -0.2) is 0 Å². The summed E-state index contributed by atoms with van der Waals surface area (Å²) in [6.07, 6.45) is 4.49. The highest BCUT2D eigenvalue weighted by molar-refractivity contribution is 5.82. The van der Waals surface area contributed by atoms with Gasteiger partial charge in [0.25, 0.3) is 0 Å². The van der Waals surface area contributed by atoms with Crippen LogP contribution in [0.4, 0.5) is 0 Å². The lowest BCUT2D eigenvalue weighted by molar-refractivity contribution is 0.111. The number of carbonyl (C=O) groups excluding carboxylic acids is 3. The summed E-state index contributed by atoms with van der Waals surface area (Å²) in [5.41, 5.74) is 14.4. The number of hydrogen-bond acceptors (Lipinski definition) is 6. The van der Waals surface area contributed by atoms with Gasteiger partial charge in [-0.1, -0.05) is 72.8 Å². The average molecular weight is 673 g/mol. The maximum absolute atomic E-state index is 11.4.